The zero-order valence-corrected chi connectivity index (χ0v) is 9.60. The molecule has 0 radical (unpaired) electrons. The molecule has 1 aromatic carbocycles. The number of imidazole rings is 1. The second-order valence-corrected chi connectivity index (χ2v) is 3.94. The monoisotopic (exact) mass is 260 g/mol. The minimum absolute atomic E-state index is 0.249. The maximum Gasteiger partial charge on any atom is 0.417 e. The van der Waals surface area contributed by atoms with Gasteiger partial charge in [-0.15, -0.1) is 0 Å². The molecular formula is C11H8ClF3N2. The smallest absolute Gasteiger partial charge is 0.304 e. The van der Waals surface area contributed by atoms with Crippen molar-refractivity contribution in [3.8, 4) is 0 Å². The van der Waals surface area contributed by atoms with Gasteiger partial charge in [-0.25, -0.2) is 4.98 Å². The summed E-state index contributed by atoms with van der Waals surface area (Å²) < 4.78 is 39.5. The molecule has 0 saturated heterocycles. The van der Waals surface area contributed by atoms with E-state index in [1.807, 2.05) is 0 Å². The van der Waals surface area contributed by atoms with Gasteiger partial charge in [0, 0.05) is 6.20 Å². The van der Waals surface area contributed by atoms with Crippen LogP contribution in [0.1, 0.15) is 11.4 Å². The second-order valence-electron chi connectivity index (χ2n) is 3.53. The van der Waals surface area contributed by atoms with Crippen molar-refractivity contribution in [2.45, 2.75) is 13.1 Å². The standard InChI is InChI=1S/C11H8ClF3N2/c1-3-17-6(2)16-9-4-7(11(13,14)15)8(12)5-10(9)17/h3-5H,1H2,2H3. The lowest BCUT2D eigenvalue weighted by atomic mass is 10.2. The summed E-state index contributed by atoms with van der Waals surface area (Å²) in [7, 11) is 0. The van der Waals surface area contributed by atoms with Gasteiger partial charge in [-0.2, -0.15) is 13.2 Å². The summed E-state index contributed by atoms with van der Waals surface area (Å²) in [6, 6.07) is 2.20. The fraction of sp³-hybridized carbons (Fsp3) is 0.182. The first-order valence-corrected chi connectivity index (χ1v) is 5.10. The van der Waals surface area contributed by atoms with Crippen molar-refractivity contribution in [1.82, 2.24) is 9.55 Å². The molecule has 0 aliphatic heterocycles. The lowest BCUT2D eigenvalue weighted by Gasteiger charge is -2.08. The molecule has 0 unspecified atom stereocenters. The Bertz CT molecular complexity index is 599. The first kappa shape index (κ1) is 12.0. The molecule has 0 aliphatic carbocycles. The summed E-state index contributed by atoms with van der Waals surface area (Å²) in [6.45, 7) is 5.26. The van der Waals surface area contributed by atoms with Crippen molar-refractivity contribution in [3.63, 3.8) is 0 Å². The summed E-state index contributed by atoms with van der Waals surface area (Å²) in [6.07, 6.45) is -2.99. The number of aromatic nitrogens is 2. The SMILES string of the molecule is C=Cn1c(C)nc2cc(C(F)(F)F)c(Cl)cc21. The molecule has 2 nitrogen and oxygen atoms in total. The van der Waals surface area contributed by atoms with E-state index in [9.17, 15) is 13.2 Å². The van der Waals surface area contributed by atoms with Gasteiger partial charge in [0.2, 0.25) is 0 Å². The molecule has 0 aliphatic rings. The number of aryl methyl sites for hydroxylation is 1. The number of nitrogens with zero attached hydrogens (tertiary/aromatic N) is 2. The fourth-order valence-electron chi connectivity index (χ4n) is 1.68. The number of hydrogen-bond donors (Lipinski definition) is 0. The number of benzene rings is 1. The molecule has 90 valence electrons. The maximum atomic E-state index is 12.6. The van der Waals surface area contributed by atoms with E-state index in [-0.39, 0.29) is 10.5 Å². The van der Waals surface area contributed by atoms with Crippen molar-refractivity contribution >= 4 is 28.8 Å². The summed E-state index contributed by atoms with van der Waals surface area (Å²) in [5.74, 6) is 0.561. The Balaban J connectivity index is 2.80. The molecule has 0 amide bonds. The van der Waals surface area contributed by atoms with Crippen LogP contribution in [0.15, 0.2) is 18.7 Å². The number of fused-ring (bicyclic) bond motifs is 1. The molecule has 0 fully saturated rings. The van der Waals surface area contributed by atoms with Gasteiger partial charge in [-0.3, -0.25) is 0 Å². The van der Waals surface area contributed by atoms with Gasteiger partial charge in [0.1, 0.15) is 5.82 Å². The van der Waals surface area contributed by atoms with Gasteiger partial charge >= 0.3 is 6.18 Å². The Hall–Kier alpha value is -1.49. The second kappa shape index (κ2) is 3.77. The predicted octanol–water partition coefficient (Wildman–Crippen LogP) is 4.12. The largest absolute Gasteiger partial charge is 0.417 e. The Morgan fingerprint density at radius 3 is 2.59 bits per heavy atom. The molecule has 1 heterocycles. The highest BCUT2D eigenvalue weighted by atomic mass is 35.5. The summed E-state index contributed by atoms with van der Waals surface area (Å²) >= 11 is 5.63. The van der Waals surface area contributed by atoms with E-state index >= 15 is 0 Å². The molecule has 1 aromatic heterocycles. The summed E-state index contributed by atoms with van der Waals surface area (Å²) in [5.41, 5.74) is -0.116. The van der Waals surface area contributed by atoms with Crippen molar-refractivity contribution in [3.05, 3.63) is 35.1 Å². The van der Waals surface area contributed by atoms with Crippen LogP contribution in [0.5, 0.6) is 0 Å². The number of alkyl halides is 3. The van der Waals surface area contributed by atoms with E-state index in [0.717, 1.165) is 6.07 Å². The third kappa shape index (κ3) is 1.91. The number of rotatable bonds is 1. The molecule has 2 aromatic rings. The third-order valence-electron chi connectivity index (χ3n) is 2.44. The van der Waals surface area contributed by atoms with Crippen LogP contribution < -0.4 is 0 Å². The zero-order valence-electron chi connectivity index (χ0n) is 8.85. The molecule has 0 N–H and O–H groups in total. The average Bonchev–Trinajstić information content (AvgIpc) is 2.50. The van der Waals surface area contributed by atoms with E-state index in [1.54, 1.807) is 11.5 Å². The number of hydrogen-bond acceptors (Lipinski definition) is 1. The maximum absolute atomic E-state index is 12.6. The highest BCUT2D eigenvalue weighted by Crippen LogP contribution is 2.37. The van der Waals surface area contributed by atoms with E-state index in [2.05, 4.69) is 11.6 Å². The van der Waals surface area contributed by atoms with Gasteiger partial charge in [-0.05, 0) is 19.1 Å². The third-order valence-corrected chi connectivity index (χ3v) is 2.76. The molecule has 2 rings (SSSR count). The van der Waals surface area contributed by atoms with Gasteiger partial charge < -0.3 is 4.57 Å². The van der Waals surface area contributed by atoms with Crippen molar-refractivity contribution in [2.75, 3.05) is 0 Å². The van der Waals surface area contributed by atoms with Gasteiger partial charge in [-0.1, -0.05) is 18.2 Å². The highest BCUT2D eigenvalue weighted by Gasteiger charge is 2.34. The van der Waals surface area contributed by atoms with Crippen LogP contribution in [0.3, 0.4) is 0 Å². The Morgan fingerprint density at radius 1 is 1.41 bits per heavy atom. The fourth-order valence-corrected chi connectivity index (χ4v) is 1.95. The summed E-state index contributed by atoms with van der Waals surface area (Å²) in [5, 5.41) is -0.340. The lowest BCUT2D eigenvalue weighted by Crippen LogP contribution is -2.05. The molecular weight excluding hydrogens is 253 g/mol. The van der Waals surface area contributed by atoms with E-state index in [1.165, 1.54) is 12.3 Å². The van der Waals surface area contributed by atoms with E-state index in [0.29, 0.717) is 11.3 Å². The van der Waals surface area contributed by atoms with Crippen LogP contribution in [0.4, 0.5) is 13.2 Å². The number of halogens is 4. The van der Waals surface area contributed by atoms with Crippen molar-refractivity contribution < 1.29 is 13.2 Å². The van der Waals surface area contributed by atoms with Gasteiger partial charge in [0.25, 0.3) is 0 Å². The zero-order chi connectivity index (χ0) is 12.8. The molecule has 6 heteroatoms. The molecule has 0 spiro atoms. The molecule has 17 heavy (non-hydrogen) atoms. The summed E-state index contributed by atoms with van der Waals surface area (Å²) in [4.78, 5) is 4.03. The first-order valence-electron chi connectivity index (χ1n) is 4.72. The van der Waals surface area contributed by atoms with Gasteiger partial charge in [0.15, 0.2) is 0 Å². The molecule has 0 atom stereocenters. The highest BCUT2D eigenvalue weighted by molar-refractivity contribution is 6.32. The normalized spacial score (nSPS) is 12.1. The quantitative estimate of drug-likeness (QED) is 0.754. The van der Waals surface area contributed by atoms with Crippen LogP contribution in [-0.4, -0.2) is 9.55 Å². The van der Waals surface area contributed by atoms with Crippen LogP contribution in [0.25, 0.3) is 17.2 Å². The predicted molar refractivity (Wildman–Crippen MR) is 60.9 cm³/mol. The van der Waals surface area contributed by atoms with E-state index < -0.39 is 11.7 Å². The van der Waals surface area contributed by atoms with Gasteiger partial charge in [0.05, 0.1) is 21.6 Å². The Kier molecular flexibility index (Phi) is 2.66. The van der Waals surface area contributed by atoms with Crippen LogP contribution in [0.2, 0.25) is 5.02 Å². The average molecular weight is 261 g/mol. The van der Waals surface area contributed by atoms with E-state index in [4.69, 9.17) is 11.6 Å². The Morgan fingerprint density at radius 2 is 2.06 bits per heavy atom. The van der Waals surface area contributed by atoms with Crippen LogP contribution >= 0.6 is 11.6 Å². The molecule has 0 saturated carbocycles. The van der Waals surface area contributed by atoms with Crippen LogP contribution in [-0.2, 0) is 6.18 Å². The minimum atomic E-state index is -4.48. The molecule has 0 bridgehead atoms. The Labute approximate surface area is 100 Å². The first-order chi connectivity index (χ1) is 7.84. The minimum Gasteiger partial charge on any atom is -0.304 e. The van der Waals surface area contributed by atoms with Crippen LogP contribution in [0, 0.1) is 6.92 Å². The van der Waals surface area contributed by atoms with Crippen molar-refractivity contribution in [1.29, 1.82) is 0 Å². The topological polar surface area (TPSA) is 17.8 Å². The lowest BCUT2D eigenvalue weighted by molar-refractivity contribution is -0.137. The van der Waals surface area contributed by atoms with Crippen molar-refractivity contribution in [2.24, 2.45) is 0 Å².